The van der Waals surface area contributed by atoms with Gasteiger partial charge in [-0.1, -0.05) is 31.9 Å². The van der Waals surface area contributed by atoms with Crippen molar-refractivity contribution in [3.8, 4) is 11.1 Å². The first-order valence-corrected chi connectivity index (χ1v) is 5.17. The van der Waals surface area contributed by atoms with E-state index in [0.29, 0.717) is 3.74 Å². The first-order chi connectivity index (χ1) is 5.69. The summed E-state index contributed by atoms with van der Waals surface area (Å²) in [5.74, 6) is 0. The molecule has 0 aromatic heterocycles. The van der Waals surface area contributed by atoms with Crippen LogP contribution in [-0.4, -0.2) is 17.7 Å². The zero-order chi connectivity index (χ0) is 9.14. The average Bonchev–Trinajstić information content (AvgIpc) is 2.60. The van der Waals surface area contributed by atoms with Gasteiger partial charge in [0.05, 0.1) is 3.74 Å². The highest BCUT2D eigenvalue weighted by atomic mass is 79.9. The number of alkyl halides is 2. The molecule has 0 amide bonds. The van der Waals surface area contributed by atoms with E-state index in [2.05, 4.69) is 50.1 Å². The predicted octanol–water partition coefficient (Wildman–Crippen LogP) is 1.69. The average molecular weight is 294 g/mol. The van der Waals surface area contributed by atoms with Crippen molar-refractivity contribution in [1.29, 1.82) is 0 Å². The summed E-state index contributed by atoms with van der Waals surface area (Å²) in [7, 11) is -0.750. The molecule has 0 aliphatic heterocycles. The molecule has 0 fully saturated rings. The third-order valence-electron chi connectivity index (χ3n) is 1.46. The normalized spacial score (nSPS) is 10.4. The van der Waals surface area contributed by atoms with Gasteiger partial charge in [0.15, 0.2) is 0 Å². The Balaban J connectivity index is 0.000000213. The molecule has 0 aromatic rings. The lowest BCUT2D eigenvalue weighted by Crippen LogP contribution is -1.75. The van der Waals surface area contributed by atoms with E-state index in [9.17, 15) is 0 Å². The van der Waals surface area contributed by atoms with Crippen LogP contribution in [0.25, 0.3) is 11.1 Å². The Morgan fingerprint density at radius 2 is 1.50 bits per heavy atom. The van der Waals surface area contributed by atoms with Crippen molar-refractivity contribution in [2.75, 3.05) is 0 Å². The van der Waals surface area contributed by atoms with E-state index >= 15 is 0 Å². The fourth-order valence-corrected chi connectivity index (χ4v) is 1.44. The van der Waals surface area contributed by atoms with Gasteiger partial charge in [-0.2, -0.15) is 0 Å². The van der Waals surface area contributed by atoms with Crippen LogP contribution in [0.2, 0.25) is 0 Å². The molecule has 0 saturated heterocycles. The van der Waals surface area contributed by atoms with Crippen molar-refractivity contribution >= 4 is 39.5 Å². The van der Waals surface area contributed by atoms with E-state index in [1.165, 1.54) is 16.7 Å². The van der Waals surface area contributed by atoms with E-state index in [1.807, 2.05) is 0 Å². The fourth-order valence-electron chi connectivity index (χ4n) is 0.908. The maximum Gasteiger partial charge on any atom is 0.432 e. The molecule has 2 aliphatic carbocycles. The van der Waals surface area contributed by atoms with Crippen LogP contribution in [0.5, 0.6) is 0 Å². The molecule has 64 valence electrons. The number of hydrogen-bond acceptors (Lipinski definition) is 2. The largest absolute Gasteiger partial charge is 0.432 e. The molecule has 0 bridgehead atoms. The highest BCUT2D eigenvalue weighted by molar-refractivity contribution is 9.24. The molecule has 2 nitrogen and oxygen atoms in total. The zero-order valence-electron chi connectivity index (χ0n) is 6.17. The number of fused-ring (bicyclic) bond motifs is 1. The van der Waals surface area contributed by atoms with Gasteiger partial charge in [0, 0.05) is 0 Å². The SMILES string of the molecule is BrC(Br)c1cc2cc-2c1.OBO. The summed E-state index contributed by atoms with van der Waals surface area (Å²) in [6, 6.07) is 6.54. The van der Waals surface area contributed by atoms with Crippen LogP contribution >= 0.6 is 31.9 Å². The molecule has 5 heteroatoms. The Labute approximate surface area is 88.2 Å². The van der Waals surface area contributed by atoms with Gasteiger partial charge in [-0.15, -0.1) is 0 Å². The van der Waals surface area contributed by atoms with Crippen LogP contribution in [0.15, 0.2) is 18.2 Å². The third-order valence-corrected chi connectivity index (χ3v) is 2.51. The summed E-state index contributed by atoms with van der Waals surface area (Å²) in [4.78, 5) is 0. The van der Waals surface area contributed by atoms with E-state index in [1.54, 1.807) is 0 Å². The molecule has 0 aromatic carbocycles. The second-order valence-corrected chi connectivity index (χ2v) is 5.35. The highest BCUT2D eigenvalue weighted by Gasteiger charge is 2.16. The van der Waals surface area contributed by atoms with Gasteiger partial charge in [0.2, 0.25) is 0 Å². The summed E-state index contributed by atoms with van der Waals surface area (Å²) in [5, 5.41) is 14.2. The van der Waals surface area contributed by atoms with Crippen molar-refractivity contribution in [1.82, 2.24) is 0 Å². The second kappa shape index (κ2) is 4.41. The third kappa shape index (κ3) is 2.59. The molecule has 0 saturated carbocycles. The van der Waals surface area contributed by atoms with Crippen LogP contribution in [0.1, 0.15) is 9.30 Å². The summed E-state index contributed by atoms with van der Waals surface area (Å²) >= 11 is 6.85. The molecule has 12 heavy (non-hydrogen) atoms. The summed E-state index contributed by atoms with van der Waals surface area (Å²) < 4.78 is 0.325. The first-order valence-electron chi connectivity index (χ1n) is 3.34. The van der Waals surface area contributed by atoms with E-state index < -0.39 is 7.69 Å². The van der Waals surface area contributed by atoms with Crippen LogP contribution in [0.4, 0.5) is 0 Å². The monoisotopic (exact) mass is 292 g/mol. The van der Waals surface area contributed by atoms with Crippen LogP contribution in [0, 0.1) is 0 Å². The lowest BCUT2D eigenvalue weighted by Gasteiger charge is -1.93. The number of rotatable bonds is 1. The Morgan fingerprint density at radius 1 is 1.08 bits per heavy atom. The minimum absolute atomic E-state index is 0.325. The van der Waals surface area contributed by atoms with Crippen LogP contribution < -0.4 is 0 Å². The molecular weight excluding hydrogens is 287 g/mol. The zero-order valence-corrected chi connectivity index (χ0v) is 9.34. The Bertz CT molecular complexity index is 258. The molecule has 2 aliphatic rings. The molecule has 0 spiro atoms. The van der Waals surface area contributed by atoms with Crippen molar-refractivity contribution in [2.24, 2.45) is 0 Å². The van der Waals surface area contributed by atoms with Gasteiger partial charge >= 0.3 is 7.69 Å². The molecule has 0 atom stereocenters. The molecule has 0 heterocycles. The molecule has 2 N–H and O–H groups in total. The van der Waals surface area contributed by atoms with Crippen molar-refractivity contribution in [2.45, 2.75) is 3.74 Å². The van der Waals surface area contributed by atoms with Gasteiger partial charge in [-0.3, -0.25) is 0 Å². The van der Waals surface area contributed by atoms with Gasteiger partial charge in [-0.25, -0.2) is 0 Å². The second-order valence-electron chi connectivity index (χ2n) is 2.29. The van der Waals surface area contributed by atoms with Gasteiger partial charge in [-0.05, 0) is 34.9 Å². The smallest absolute Gasteiger partial charge is 0.430 e. The van der Waals surface area contributed by atoms with Crippen LogP contribution in [-0.2, 0) is 0 Å². The number of benzene rings is 1. The quantitative estimate of drug-likeness (QED) is 0.620. The molecule has 0 unspecified atom stereocenters. The van der Waals surface area contributed by atoms with Crippen LogP contribution in [0.3, 0.4) is 0 Å². The minimum atomic E-state index is -0.750. The Hall–Kier alpha value is 0.165. The van der Waals surface area contributed by atoms with Crippen molar-refractivity contribution in [3.63, 3.8) is 0 Å². The predicted molar refractivity (Wildman–Crippen MR) is 57.6 cm³/mol. The number of halogens is 2. The molecular formula is C7H7BBr2O2. The minimum Gasteiger partial charge on any atom is -0.430 e. The van der Waals surface area contributed by atoms with E-state index in [-0.39, 0.29) is 0 Å². The summed E-state index contributed by atoms with van der Waals surface area (Å²) in [5.41, 5.74) is 4.12. The van der Waals surface area contributed by atoms with E-state index in [0.717, 1.165) is 0 Å². The Kier molecular flexibility index (Phi) is 3.77. The maximum absolute atomic E-state index is 7.12. The highest BCUT2D eigenvalue weighted by Crippen LogP contribution is 2.42. The van der Waals surface area contributed by atoms with E-state index in [4.69, 9.17) is 10.0 Å². The van der Waals surface area contributed by atoms with Crippen molar-refractivity contribution < 1.29 is 10.0 Å². The lowest BCUT2D eigenvalue weighted by molar-refractivity contribution is 0.448. The summed E-state index contributed by atoms with van der Waals surface area (Å²) in [6.07, 6.45) is 0. The lowest BCUT2D eigenvalue weighted by atomic mass is 10.4. The fraction of sp³-hybridized carbons (Fsp3) is 0.143. The van der Waals surface area contributed by atoms with Gasteiger partial charge in [0.1, 0.15) is 0 Å². The molecule has 0 radical (unpaired) electrons. The van der Waals surface area contributed by atoms with Gasteiger partial charge in [0.25, 0.3) is 0 Å². The number of hydrogen-bond donors (Lipinski definition) is 2. The van der Waals surface area contributed by atoms with Gasteiger partial charge < -0.3 is 10.0 Å². The Morgan fingerprint density at radius 3 is 1.75 bits per heavy atom. The topological polar surface area (TPSA) is 40.5 Å². The summed E-state index contributed by atoms with van der Waals surface area (Å²) in [6.45, 7) is 0. The molecule has 2 rings (SSSR count). The standard InChI is InChI=1S/C7H4Br2.BH3O2/c8-7(9)6-2-4-1-5(4)3-6;2-1-3/h1-3,7H;1-3H. The maximum atomic E-state index is 7.12. The first kappa shape index (κ1) is 10.2. The van der Waals surface area contributed by atoms with Crippen molar-refractivity contribution in [3.05, 3.63) is 23.8 Å².